The number of carbonyl (C=O) groups excluding carboxylic acids is 1. The van der Waals surface area contributed by atoms with Crippen LogP contribution < -0.4 is 0 Å². The van der Waals surface area contributed by atoms with E-state index >= 15 is 0 Å². The molecule has 1 aliphatic heterocycles. The van der Waals surface area contributed by atoms with E-state index in [0.29, 0.717) is 25.0 Å². The number of carboxylic acid groups (broad SMARTS) is 1. The molecule has 0 saturated carbocycles. The Morgan fingerprint density at radius 1 is 1.11 bits per heavy atom. The van der Waals surface area contributed by atoms with Gasteiger partial charge in [-0.3, -0.25) is 14.5 Å². The van der Waals surface area contributed by atoms with Crippen LogP contribution in [-0.2, 0) is 16.0 Å². The number of rotatable bonds is 13. The molecule has 1 saturated heterocycles. The maximum atomic E-state index is 12.2. The Labute approximate surface area is 162 Å². The number of likely N-dealkylation sites (tertiary alicyclic amines) is 1. The number of aryl methyl sites for hydroxylation is 1. The van der Waals surface area contributed by atoms with Crippen molar-refractivity contribution >= 4 is 11.8 Å². The van der Waals surface area contributed by atoms with Crippen molar-refractivity contribution in [2.75, 3.05) is 13.1 Å². The van der Waals surface area contributed by atoms with Crippen molar-refractivity contribution in [3.8, 4) is 0 Å². The lowest BCUT2D eigenvalue weighted by atomic mass is 10.0. The van der Waals surface area contributed by atoms with Gasteiger partial charge in [-0.25, -0.2) is 0 Å². The van der Waals surface area contributed by atoms with E-state index in [-0.39, 0.29) is 18.6 Å². The predicted octanol–water partition coefficient (Wildman–Crippen LogP) is 3.44. The lowest BCUT2D eigenvalue weighted by Gasteiger charge is -2.24. The fourth-order valence-corrected chi connectivity index (χ4v) is 3.80. The van der Waals surface area contributed by atoms with Gasteiger partial charge in [0.2, 0.25) is 0 Å². The molecule has 0 radical (unpaired) electrons. The number of nitrogens with zero attached hydrogens (tertiary/aromatic N) is 1. The van der Waals surface area contributed by atoms with Gasteiger partial charge in [0, 0.05) is 25.9 Å². The largest absolute Gasteiger partial charge is 0.481 e. The van der Waals surface area contributed by atoms with Crippen LogP contribution >= 0.6 is 0 Å². The number of hydrogen-bond acceptors (Lipinski definition) is 4. The maximum Gasteiger partial charge on any atom is 0.303 e. The highest BCUT2D eigenvalue weighted by Crippen LogP contribution is 2.21. The van der Waals surface area contributed by atoms with Crippen LogP contribution in [0.1, 0.15) is 63.4 Å². The number of ketones is 1. The summed E-state index contributed by atoms with van der Waals surface area (Å²) in [5.74, 6) is -0.419. The number of aliphatic carboxylic acids is 1. The number of carboxylic acids is 1. The van der Waals surface area contributed by atoms with Gasteiger partial charge in [-0.05, 0) is 37.7 Å². The first-order chi connectivity index (χ1) is 13.1. The Hall–Kier alpha value is -1.72. The highest BCUT2D eigenvalue weighted by atomic mass is 16.4. The van der Waals surface area contributed by atoms with Crippen LogP contribution in [0.3, 0.4) is 0 Å². The monoisotopic (exact) mass is 375 g/mol. The Kier molecular flexibility index (Phi) is 9.50. The van der Waals surface area contributed by atoms with E-state index in [1.54, 1.807) is 0 Å². The predicted molar refractivity (Wildman–Crippen MR) is 106 cm³/mol. The zero-order valence-electron chi connectivity index (χ0n) is 16.2. The molecule has 2 N–H and O–H groups in total. The summed E-state index contributed by atoms with van der Waals surface area (Å²) in [5.41, 5.74) is 1.24. The zero-order chi connectivity index (χ0) is 19.5. The van der Waals surface area contributed by atoms with E-state index in [4.69, 9.17) is 5.11 Å². The number of unbranched alkanes of at least 4 members (excludes halogenated alkanes) is 3. The van der Waals surface area contributed by atoms with Crippen LogP contribution in [0.15, 0.2) is 30.3 Å². The molecule has 1 heterocycles. The standard InChI is InChI=1S/C22H33NO4/c24-19(13-12-18-8-4-3-5-9-18)14-16-23-17-15-21(25)20(23)10-6-1-2-7-11-22(26)27/h3-5,8-9,19-20,24H,1-2,6-7,10-17H2,(H,26,27). The highest BCUT2D eigenvalue weighted by Gasteiger charge is 2.31. The summed E-state index contributed by atoms with van der Waals surface area (Å²) in [4.78, 5) is 24.9. The summed E-state index contributed by atoms with van der Waals surface area (Å²) in [6.45, 7) is 1.57. The number of aliphatic hydroxyl groups is 1. The second-order valence-electron chi connectivity index (χ2n) is 7.58. The summed E-state index contributed by atoms with van der Waals surface area (Å²) in [5, 5.41) is 18.9. The molecule has 5 nitrogen and oxygen atoms in total. The third-order valence-electron chi connectivity index (χ3n) is 5.43. The number of hydrogen-bond donors (Lipinski definition) is 2. The molecule has 27 heavy (non-hydrogen) atoms. The molecule has 2 rings (SSSR count). The van der Waals surface area contributed by atoms with Gasteiger partial charge in [0.1, 0.15) is 0 Å². The lowest BCUT2D eigenvalue weighted by Crippen LogP contribution is -2.35. The summed E-state index contributed by atoms with van der Waals surface area (Å²) < 4.78 is 0. The fourth-order valence-electron chi connectivity index (χ4n) is 3.80. The minimum Gasteiger partial charge on any atom is -0.481 e. The number of carbonyl (C=O) groups is 2. The molecule has 0 amide bonds. The van der Waals surface area contributed by atoms with E-state index in [2.05, 4.69) is 17.0 Å². The third kappa shape index (κ3) is 8.22. The van der Waals surface area contributed by atoms with Crippen molar-refractivity contribution < 1.29 is 19.8 Å². The molecule has 1 aromatic rings. The fraction of sp³-hybridized carbons (Fsp3) is 0.636. The topological polar surface area (TPSA) is 77.8 Å². The SMILES string of the molecule is O=C(O)CCCCCCC1C(=O)CCN1CCC(O)CCc1ccccc1. The molecule has 0 aliphatic carbocycles. The molecule has 1 fully saturated rings. The Morgan fingerprint density at radius 2 is 1.85 bits per heavy atom. The number of benzene rings is 1. The summed E-state index contributed by atoms with van der Waals surface area (Å²) in [6, 6.07) is 10.2. The smallest absolute Gasteiger partial charge is 0.303 e. The van der Waals surface area contributed by atoms with Crippen LogP contribution in [0.2, 0.25) is 0 Å². The van der Waals surface area contributed by atoms with E-state index < -0.39 is 5.97 Å². The van der Waals surface area contributed by atoms with Crippen LogP contribution in [0.5, 0.6) is 0 Å². The van der Waals surface area contributed by atoms with Crippen molar-refractivity contribution in [1.29, 1.82) is 0 Å². The maximum absolute atomic E-state index is 12.2. The van der Waals surface area contributed by atoms with Gasteiger partial charge in [-0.15, -0.1) is 0 Å². The van der Waals surface area contributed by atoms with Crippen LogP contribution in [0.4, 0.5) is 0 Å². The van der Waals surface area contributed by atoms with Crippen molar-refractivity contribution in [3.63, 3.8) is 0 Å². The molecule has 2 unspecified atom stereocenters. The van der Waals surface area contributed by atoms with Crippen LogP contribution in [0.25, 0.3) is 0 Å². The molecule has 0 aromatic heterocycles. The van der Waals surface area contributed by atoms with Gasteiger partial charge in [-0.2, -0.15) is 0 Å². The number of aliphatic hydroxyl groups excluding tert-OH is 1. The van der Waals surface area contributed by atoms with Gasteiger partial charge in [0.25, 0.3) is 0 Å². The van der Waals surface area contributed by atoms with Gasteiger partial charge in [0.05, 0.1) is 12.1 Å². The van der Waals surface area contributed by atoms with Crippen LogP contribution in [0, 0.1) is 0 Å². The summed E-state index contributed by atoms with van der Waals surface area (Å²) >= 11 is 0. The lowest BCUT2D eigenvalue weighted by molar-refractivity contribution is -0.137. The molecular weight excluding hydrogens is 342 g/mol. The molecule has 1 aromatic carbocycles. The van der Waals surface area contributed by atoms with E-state index in [9.17, 15) is 14.7 Å². The molecule has 2 atom stereocenters. The van der Waals surface area contributed by atoms with Crippen molar-refractivity contribution in [2.24, 2.45) is 0 Å². The molecule has 1 aliphatic rings. The van der Waals surface area contributed by atoms with Gasteiger partial charge in [0.15, 0.2) is 5.78 Å². The van der Waals surface area contributed by atoms with Gasteiger partial charge in [-0.1, -0.05) is 49.6 Å². The van der Waals surface area contributed by atoms with Gasteiger partial charge < -0.3 is 10.2 Å². The molecule has 5 heteroatoms. The average molecular weight is 376 g/mol. The number of Topliss-reactive ketones (excluding diaryl/α,β-unsaturated/α-hetero) is 1. The normalized spacial score (nSPS) is 18.7. The van der Waals surface area contributed by atoms with Crippen molar-refractivity contribution in [3.05, 3.63) is 35.9 Å². The third-order valence-corrected chi connectivity index (χ3v) is 5.43. The van der Waals surface area contributed by atoms with E-state index in [1.165, 1.54) is 5.56 Å². The Bertz CT molecular complexity index is 575. The molecule has 150 valence electrons. The highest BCUT2D eigenvalue weighted by molar-refractivity contribution is 5.86. The van der Waals surface area contributed by atoms with Crippen molar-refractivity contribution in [2.45, 2.75) is 76.4 Å². The summed E-state index contributed by atoms with van der Waals surface area (Å²) in [7, 11) is 0. The second-order valence-corrected chi connectivity index (χ2v) is 7.58. The molecular formula is C22H33NO4. The summed E-state index contributed by atoms with van der Waals surface area (Å²) in [6.07, 6.45) is 7.25. The quantitative estimate of drug-likeness (QED) is 0.517. The second kappa shape index (κ2) is 11.9. The first-order valence-electron chi connectivity index (χ1n) is 10.3. The zero-order valence-corrected chi connectivity index (χ0v) is 16.2. The minimum absolute atomic E-state index is 0.00852. The first-order valence-corrected chi connectivity index (χ1v) is 10.3. The Balaban J connectivity index is 1.63. The minimum atomic E-state index is -0.738. The van der Waals surface area contributed by atoms with Crippen molar-refractivity contribution in [1.82, 2.24) is 4.90 Å². The first kappa shape index (κ1) is 21.6. The Morgan fingerprint density at radius 3 is 2.59 bits per heavy atom. The van der Waals surface area contributed by atoms with Crippen LogP contribution in [-0.4, -0.2) is 52.1 Å². The van der Waals surface area contributed by atoms with Gasteiger partial charge >= 0.3 is 5.97 Å². The van der Waals surface area contributed by atoms with E-state index in [0.717, 1.165) is 51.6 Å². The average Bonchev–Trinajstić information content (AvgIpc) is 3.01. The van der Waals surface area contributed by atoms with E-state index in [1.807, 2.05) is 18.2 Å². The molecule has 0 spiro atoms. The molecule has 0 bridgehead atoms.